The Morgan fingerprint density at radius 1 is 1.14 bits per heavy atom. The fourth-order valence-corrected chi connectivity index (χ4v) is 3.07. The van der Waals surface area contributed by atoms with Gasteiger partial charge >= 0.3 is 0 Å². The highest BCUT2D eigenvalue weighted by Crippen LogP contribution is 2.28. The summed E-state index contributed by atoms with van der Waals surface area (Å²) < 4.78 is 1.87. The average molecular weight is 306 g/mol. The second kappa shape index (κ2) is 5.48. The predicted molar refractivity (Wildman–Crippen MR) is 88.2 cm³/mol. The highest BCUT2D eigenvalue weighted by atomic mass is 35.5. The fraction of sp³-hybridized carbons (Fsp3) is 0.400. The first-order chi connectivity index (χ1) is 10.1. The highest BCUT2D eigenvalue weighted by molar-refractivity contribution is 6.30. The highest BCUT2D eigenvalue weighted by Gasteiger charge is 2.22. The molecule has 1 saturated heterocycles. The van der Waals surface area contributed by atoms with Crippen molar-refractivity contribution in [3.05, 3.63) is 35.0 Å². The van der Waals surface area contributed by atoms with Crippen LogP contribution < -0.4 is 15.5 Å². The number of aromatic nitrogens is 2. The summed E-state index contributed by atoms with van der Waals surface area (Å²) in [7, 11) is 1.95. The van der Waals surface area contributed by atoms with E-state index in [2.05, 4.69) is 21.0 Å². The number of hydrogen-bond donors (Lipinski definition) is 1. The van der Waals surface area contributed by atoms with Crippen molar-refractivity contribution in [2.75, 3.05) is 41.7 Å². The van der Waals surface area contributed by atoms with Crippen molar-refractivity contribution in [2.24, 2.45) is 7.05 Å². The van der Waals surface area contributed by atoms with Gasteiger partial charge in [-0.2, -0.15) is 5.10 Å². The average Bonchev–Trinajstić information content (AvgIpc) is 2.72. The molecule has 0 amide bonds. The summed E-state index contributed by atoms with van der Waals surface area (Å²) in [5, 5.41) is 5.17. The summed E-state index contributed by atoms with van der Waals surface area (Å²) >= 11 is 6.07. The van der Waals surface area contributed by atoms with Crippen LogP contribution in [0.25, 0.3) is 0 Å². The Hall–Kier alpha value is -1.88. The molecule has 0 atom stereocenters. The first-order valence-electron chi connectivity index (χ1n) is 7.11. The van der Waals surface area contributed by atoms with Gasteiger partial charge in [0.05, 0.1) is 11.4 Å². The molecule has 2 aromatic rings. The van der Waals surface area contributed by atoms with Crippen molar-refractivity contribution >= 4 is 28.8 Å². The molecule has 2 heterocycles. The Morgan fingerprint density at radius 2 is 1.81 bits per heavy atom. The van der Waals surface area contributed by atoms with Crippen LogP contribution in [0.2, 0.25) is 5.02 Å². The lowest BCUT2D eigenvalue weighted by Gasteiger charge is -2.37. The van der Waals surface area contributed by atoms with Gasteiger partial charge in [0.2, 0.25) is 0 Å². The number of nitrogens with two attached hydrogens (primary N) is 1. The molecule has 0 aliphatic carbocycles. The summed E-state index contributed by atoms with van der Waals surface area (Å²) in [6.07, 6.45) is 0. The van der Waals surface area contributed by atoms with Crippen LogP contribution in [-0.2, 0) is 7.05 Å². The van der Waals surface area contributed by atoms with Crippen LogP contribution >= 0.6 is 11.6 Å². The lowest BCUT2D eigenvalue weighted by molar-refractivity contribution is 0.624. The SMILES string of the molecule is Cc1nn(C)c(N2CCN(c3cccc(Cl)c3)CC2)c1N. The van der Waals surface area contributed by atoms with Gasteiger partial charge in [-0.3, -0.25) is 4.68 Å². The summed E-state index contributed by atoms with van der Waals surface area (Å²) in [6, 6.07) is 8.01. The second-order valence-corrected chi connectivity index (χ2v) is 5.84. The number of anilines is 3. The van der Waals surface area contributed by atoms with Gasteiger partial charge in [-0.15, -0.1) is 0 Å². The Kier molecular flexibility index (Phi) is 3.68. The summed E-state index contributed by atoms with van der Waals surface area (Å²) in [5.74, 6) is 1.03. The molecule has 6 heteroatoms. The molecule has 2 N–H and O–H groups in total. The second-order valence-electron chi connectivity index (χ2n) is 5.40. The van der Waals surface area contributed by atoms with E-state index >= 15 is 0 Å². The maximum Gasteiger partial charge on any atom is 0.150 e. The molecule has 0 radical (unpaired) electrons. The van der Waals surface area contributed by atoms with Gasteiger partial charge < -0.3 is 15.5 Å². The minimum atomic E-state index is 0.779. The normalized spacial score (nSPS) is 15.6. The van der Waals surface area contributed by atoms with Crippen LogP contribution in [0.4, 0.5) is 17.2 Å². The zero-order valence-corrected chi connectivity index (χ0v) is 13.1. The van der Waals surface area contributed by atoms with E-state index in [9.17, 15) is 0 Å². The molecule has 21 heavy (non-hydrogen) atoms. The van der Waals surface area contributed by atoms with Crippen LogP contribution in [0.15, 0.2) is 24.3 Å². The molecule has 112 valence electrons. The third kappa shape index (κ3) is 2.65. The van der Waals surface area contributed by atoms with Gasteiger partial charge in [-0.1, -0.05) is 17.7 Å². The number of halogens is 1. The molecule has 3 rings (SSSR count). The molecule has 1 fully saturated rings. The van der Waals surface area contributed by atoms with E-state index in [0.717, 1.165) is 48.4 Å². The van der Waals surface area contributed by atoms with E-state index in [-0.39, 0.29) is 0 Å². The molecule has 1 aromatic heterocycles. The monoisotopic (exact) mass is 305 g/mol. The topological polar surface area (TPSA) is 50.3 Å². The van der Waals surface area contributed by atoms with Crippen LogP contribution in [-0.4, -0.2) is 36.0 Å². The lowest BCUT2D eigenvalue weighted by Crippen LogP contribution is -2.47. The molecular formula is C15H20ClN5. The number of hydrogen-bond acceptors (Lipinski definition) is 4. The molecule has 0 unspecified atom stereocenters. The number of piperazine rings is 1. The molecular weight excluding hydrogens is 286 g/mol. The van der Waals surface area contributed by atoms with Crippen LogP contribution in [0, 0.1) is 6.92 Å². The first-order valence-corrected chi connectivity index (χ1v) is 7.48. The van der Waals surface area contributed by atoms with Gasteiger partial charge in [0, 0.05) is 43.9 Å². The third-order valence-corrected chi connectivity index (χ3v) is 4.22. The number of nitrogen functional groups attached to an aromatic ring is 1. The Labute approximate surface area is 129 Å². The number of rotatable bonds is 2. The standard InChI is InChI=1S/C15H20ClN5/c1-11-14(17)15(19(2)18-11)21-8-6-20(7-9-21)13-5-3-4-12(16)10-13/h3-5,10H,6-9,17H2,1-2H3. The van der Waals surface area contributed by atoms with E-state index in [0.29, 0.717) is 0 Å². The van der Waals surface area contributed by atoms with E-state index in [1.54, 1.807) is 0 Å². The first kappa shape index (κ1) is 14.1. The molecule has 5 nitrogen and oxygen atoms in total. The Balaban J connectivity index is 1.73. The van der Waals surface area contributed by atoms with Gasteiger partial charge in [0.25, 0.3) is 0 Å². The zero-order valence-electron chi connectivity index (χ0n) is 12.4. The van der Waals surface area contributed by atoms with Crippen molar-refractivity contribution in [3.63, 3.8) is 0 Å². The third-order valence-electron chi connectivity index (χ3n) is 3.99. The zero-order chi connectivity index (χ0) is 15.0. The minimum absolute atomic E-state index is 0.779. The maximum atomic E-state index is 6.14. The smallest absolute Gasteiger partial charge is 0.150 e. The van der Waals surface area contributed by atoms with Gasteiger partial charge in [0.15, 0.2) is 5.82 Å². The van der Waals surface area contributed by atoms with E-state index in [1.165, 1.54) is 5.69 Å². The quantitative estimate of drug-likeness (QED) is 0.925. The molecule has 0 bridgehead atoms. The van der Waals surface area contributed by atoms with Crippen LogP contribution in [0.1, 0.15) is 5.69 Å². The van der Waals surface area contributed by atoms with Crippen molar-refractivity contribution in [2.45, 2.75) is 6.92 Å². The number of aryl methyl sites for hydroxylation is 2. The number of benzene rings is 1. The van der Waals surface area contributed by atoms with Crippen LogP contribution in [0.3, 0.4) is 0 Å². The van der Waals surface area contributed by atoms with Crippen molar-refractivity contribution in [1.29, 1.82) is 0 Å². The fourth-order valence-electron chi connectivity index (χ4n) is 2.89. The van der Waals surface area contributed by atoms with Crippen molar-refractivity contribution < 1.29 is 0 Å². The Morgan fingerprint density at radius 3 is 2.38 bits per heavy atom. The van der Waals surface area contributed by atoms with E-state index in [1.807, 2.05) is 36.9 Å². The molecule has 0 spiro atoms. The molecule has 1 aromatic carbocycles. The number of nitrogens with zero attached hydrogens (tertiary/aromatic N) is 4. The van der Waals surface area contributed by atoms with Gasteiger partial charge in [0.1, 0.15) is 0 Å². The lowest BCUT2D eigenvalue weighted by atomic mass is 10.2. The predicted octanol–water partition coefficient (Wildman–Crippen LogP) is 2.29. The van der Waals surface area contributed by atoms with Crippen molar-refractivity contribution in [1.82, 2.24) is 9.78 Å². The summed E-state index contributed by atoms with van der Waals surface area (Å²) in [6.45, 7) is 5.69. The Bertz CT molecular complexity index is 644. The van der Waals surface area contributed by atoms with Gasteiger partial charge in [-0.25, -0.2) is 0 Å². The van der Waals surface area contributed by atoms with Crippen molar-refractivity contribution in [3.8, 4) is 0 Å². The van der Waals surface area contributed by atoms with Crippen LogP contribution in [0.5, 0.6) is 0 Å². The van der Waals surface area contributed by atoms with E-state index in [4.69, 9.17) is 17.3 Å². The maximum absolute atomic E-state index is 6.14. The molecule has 1 aliphatic rings. The molecule has 0 saturated carbocycles. The van der Waals surface area contributed by atoms with E-state index < -0.39 is 0 Å². The largest absolute Gasteiger partial charge is 0.394 e. The van der Waals surface area contributed by atoms with Gasteiger partial charge in [-0.05, 0) is 25.1 Å². The minimum Gasteiger partial charge on any atom is -0.394 e. The summed E-state index contributed by atoms with van der Waals surface area (Å²) in [5.41, 5.74) is 9.00. The molecule has 1 aliphatic heterocycles. The summed E-state index contributed by atoms with van der Waals surface area (Å²) in [4.78, 5) is 4.65.